The molecule has 0 fully saturated rings. The molecule has 4 atom stereocenters. The van der Waals surface area contributed by atoms with Crippen LogP contribution in [0.3, 0.4) is 0 Å². The number of hydrogen-bond acceptors (Lipinski definition) is 11. The molecular formula is C15H27N7O8. The summed E-state index contributed by atoms with van der Waals surface area (Å²) in [4.78, 5) is 64.0. The van der Waals surface area contributed by atoms with E-state index < -0.39 is 65.5 Å². The number of carboxylic acids is 2. The number of hydrogen-bond donors (Lipinski definition) is 9. The largest absolute Gasteiger partial charge is 0.481 e. The minimum absolute atomic E-state index is 0.0156. The lowest BCUT2D eigenvalue weighted by Crippen LogP contribution is -2.80. The van der Waals surface area contributed by atoms with Gasteiger partial charge in [-0.3, -0.25) is 24.2 Å². The summed E-state index contributed by atoms with van der Waals surface area (Å²) in [6.07, 6.45) is -1.24. The number of aliphatic imine (C=N–C) groups is 1. The van der Waals surface area contributed by atoms with Gasteiger partial charge in [-0.2, -0.15) is 0 Å². The summed E-state index contributed by atoms with van der Waals surface area (Å²) in [6.45, 7) is -1.07. The van der Waals surface area contributed by atoms with Crippen LogP contribution in [0.15, 0.2) is 4.99 Å². The molecule has 0 aromatic heterocycles. The van der Waals surface area contributed by atoms with Crippen molar-refractivity contribution >= 4 is 35.2 Å². The summed E-state index contributed by atoms with van der Waals surface area (Å²) in [7, 11) is 0. The molecule has 15 N–H and O–H groups in total. The van der Waals surface area contributed by atoms with E-state index in [0.29, 0.717) is 0 Å². The van der Waals surface area contributed by atoms with Gasteiger partial charge in [-0.25, -0.2) is 4.79 Å². The Morgan fingerprint density at radius 1 is 0.967 bits per heavy atom. The van der Waals surface area contributed by atoms with Crippen molar-refractivity contribution in [3.8, 4) is 0 Å². The number of rotatable bonds is 14. The van der Waals surface area contributed by atoms with Crippen LogP contribution in [0.1, 0.15) is 19.3 Å². The van der Waals surface area contributed by atoms with Crippen molar-refractivity contribution in [3.63, 3.8) is 0 Å². The fraction of sp³-hybridized carbons (Fsp3) is 0.600. The number of carboxylic acid groups (broad SMARTS) is 2. The number of guanidine groups is 1. The van der Waals surface area contributed by atoms with Crippen LogP contribution in [0.25, 0.3) is 0 Å². The van der Waals surface area contributed by atoms with E-state index in [4.69, 9.17) is 39.5 Å². The van der Waals surface area contributed by atoms with E-state index in [1.165, 1.54) is 0 Å². The summed E-state index contributed by atoms with van der Waals surface area (Å²) in [5.74, 6) is -9.15. The SMILES string of the molecule is NCC(=O)C(O)(C(=O)C(N)CCCN=C(N)N)C(N)(C(=O)O)C(=O)C(N)CC(=O)O. The molecule has 4 unspecified atom stereocenters. The third kappa shape index (κ3) is 5.55. The summed E-state index contributed by atoms with van der Waals surface area (Å²) in [5, 5.41) is 29.1. The Balaban J connectivity index is 6.20. The average molecular weight is 433 g/mol. The van der Waals surface area contributed by atoms with Crippen molar-refractivity contribution in [3.05, 3.63) is 0 Å². The molecule has 0 saturated carbocycles. The standard InChI is InChI=1S/C15H27N7O8/c16-5-8(23)15(30,11(27)6(17)2-1-3-22-13(19)20)14(21,12(28)29)10(26)7(18)4-9(24)25/h6-7,30H,1-5,16-18,21H2,(H,24,25)(H,28,29)(H4,19,20,22). The van der Waals surface area contributed by atoms with Crippen molar-refractivity contribution in [2.45, 2.75) is 42.5 Å². The summed E-state index contributed by atoms with van der Waals surface area (Å²) in [5.41, 5.74) is 24.7. The lowest BCUT2D eigenvalue weighted by atomic mass is 9.68. The van der Waals surface area contributed by atoms with Gasteiger partial charge >= 0.3 is 11.9 Å². The first kappa shape index (κ1) is 27.0. The van der Waals surface area contributed by atoms with Crippen LogP contribution in [-0.2, 0) is 24.0 Å². The maximum Gasteiger partial charge on any atom is 0.335 e. The number of ketones is 3. The first-order valence-corrected chi connectivity index (χ1v) is 8.52. The zero-order chi connectivity index (χ0) is 23.9. The Bertz CT molecular complexity index is 739. The molecule has 0 rings (SSSR count). The molecule has 15 nitrogen and oxygen atoms in total. The van der Waals surface area contributed by atoms with Crippen molar-refractivity contribution in [2.75, 3.05) is 13.1 Å². The van der Waals surface area contributed by atoms with Crippen molar-refractivity contribution in [1.82, 2.24) is 0 Å². The van der Waals surface area contributed by atoms with Gasteiger partial charge in [0.2, 0.25) is 11.1 Å². The van der Waals surface area contributed by atoms with Crippen molar-refractivity contribution < 1.29 is 39.3 Å². The van der Waals surface area contributed by atoms with Crippen LogP contribution < -0.4 is 34.4 Å². The first-order valence-electron chi connectivity index (χ1n) is 8.52. The second-order valence-corrected chi connectivity index (χ2v) is 6.44. The quantitative estimate of drug-likeness (QED) is 0.0533. The van der Waals surface area contributed by atoms with Crippen LogP contribution in [0.2, 0.25) is 0 Å². The van der Waals surface area contributed by atoms with Gasteiger partial charge in [0, 0.05) is 6.54 Å². The molecule has 15 heteroatoms. The normalized spacial score (nSPS) is 17.0. The summed E-state index contributed by atoms with van der Waals surface area (Å²) < 4.78 is 0. The van der Waals surface area contributed by atoms with Crippen LogP contribution in [0.5, 0.6) is 0 Å². The van der Waals surface area contributed by atoms with Crippen LogP contribution in [-0.4, -0.2) is 86.9 Å². The minimum atomic E-state index is -3.71. The predicted molar refractivity (Wildman–Crippen MR) is 102 cm³/mol. The van der Waals surface area contributed by atoms with Gasteiger partial charge in [-0.15, -0.1) is 0 Å². The number of nitrogens with zero attached hydrogens (tertiary/aromatic N) is 1. The summed E-state index contributed by atoms with van der Waals surface area (Å²) >= 11 is 0. The fourth-order valence-electron chi connectivity index (χ4n) is 2.63. The molecule has 0 radical (unpaired) electrons. The van der Waals surface area contributed by atoms with Crippen molar-refractivity contribution in [1.29, 1.82) is 0 Å². The molecule has 30 heavy (non-hydrogen) atoms. The van der Waals surface area contributed by atoms with Crippen LogP contribution in [0, 0.1) is 0 Å². The molecule has 0 aliphatic heterocycles. The monoisotopic (exact) mass is 433 g/mol. The maximum absolute atomic E-state index is 12.8. The van der Waals surface area contributed by atoms with Gasteiger partial charge in [-0.1, -0.05) is 0 Å². The number of aliphatic hydroxyl groups is 1. The molecule has 170 valence electrons. The average Bonchev–Trinajstić information content (AvgIpc) is 2.66. The molecule has 0 heterocycles. The molecule has 0 amide bonds. The number of nitrogens with two attached hydrogens (primary N) is 6. The minimum Gasteiger partial charge on any atom is -0.481 e. The van der Waals surface area contributed by atoms with E-state index in [2.05, 4.69) is 4.99 Å². The van der Waals surface area contributed by atoms with Crippen molar-refractivity contribution in [2.24, 2.45) is 39.4 Å². The molecule has 0 aliphatic rings. The number of aliphatic carboxylic acids is 2. The third-order valence-corrected chi connectivity index (χ3v) is 4.28. The molecule has 0 aliphatic carbocycles. The highest BCUT2D eigenvalue weighted by molar-refractivity contribution is 6.26. The third-order valence-electron chi connectivity index (χ3n) is 4.28. The van der Waals surface area contributed by atoms with Gasteiger partial charge in [0.1, 0.15) is 0 Å². The second kappa shape index (κ2) is 10.7. The number of Topliss-reactive ketones (excluding diaryl/α,β-unsaturated/α-hetero) is 3. The highest BCUT2D eigenvalue weighted by atomic mass is 16.4. The fourth-order valence-corrected chi connectivity index (χ4v) is 2.63. The highest BCUT2D eigenvalue weighted by Crippen LogP contribution is 2.28. The molecule has 0 aromatic rings. The Labute approximate surface area is 170 Å². The highest BCUT2D eigenvalue weighted by Gasteiger charge is 2.67. The Morgan fingerprint density at radius 2 is 1.50 bits per heavy atom. The summed E-state index contributed by atoms with van der Waals surface area (Å²) in [6, 6.07) is -3.74. The topological polar surface area (TPSA) is 315 Å². The van der Waals surface area contributed by atoms with E-state index in [1.54, 1.807) is 0 Å². The molecule has 0 aromatic carbocycles. The Kier molecular flexibility index (Phi) is 9.64. The number of carbonyl (C=O) groups excluding carboxylic acids is 3. The van der Waals surface area contributed by atoms with Crippen LogP contribution >= 0.6 is 0 Å². The predicted octanol–water partition coefficient (Wildman–Crippen LogP) is -5.65. The Morgan fingerprint density at radius 3 is 1.90 bits per heavy atom. The first-order chi connectivity index (χ1) is 13.7. The number of carbonyl (C=O) groups is 5. The zero-order valence-corrected chi connectivity index (χ0v) is 16.0. The Hall–Kier alpha value is -2.98. The van der Waals surface area contributed by atoms with Gasteiger partial charge in [-0.05, 0) is 12.8 Å². The lowest BCUT2D eigenvalue weighted by molar-refractivity contribution is -0.175. The molecule has 0 spiro atoms. The molecular weight excluding hydrogens is 406 g/mol. The smallest absolute Gasteiger partial charge is 0.335 e. The maximum atomic E-state index is 12.8. The van der Waals surface area contributed by atoms with Gasteiger partial charge in [0.15, 0.2) is 23.3 Å². The van der Waals surface area contributed by atoms with E-state index >= 15 is 0 Å². The van der Waals surface area contributed by atoms with E-state index in [9.17, 15) is 34.2 Å². The lowest BCUT2D eigenvalue weighted by Gasteiger charge is -2.39. The van der Waals surface area contributed by atoms with E-state index in [1.807, 2.05) is 0 Å². The molecule has 0 bridgehead atoms. The zero-order valence-electron chi connectivity index (χ0n) is 16.0. The van der Waals surface area contributed by atoms with Gasteiger partial charge < -0.3 is 49.7 Å². The second-order valence-electron chi connectivity index (χ2n) is 6.44. The van der Waals surface area contributed by atoms with Gasteiger partial charge in [0.25, 0.3) is 0 Å². The van der Waals surface area contributed by atoms with E-state index in [-0.39, 0.29) is 25.3 Å². The van der Waals surface area contributed by atoms with Crippen LogP contribution in [0.4, 0.5) is 0 Å². The van der Waals surface area contributed by atoms with E-state index in [0.717, 1.165) is 0 Å². The van der Waals surface area contributed by atoms with Gasteiger partial charge in [0.05, 0.1) is 25.0 Å². The molecule has 0 saturated heterocycles.